The average molecular weight is 483 g/mol. The Labute approximate surface area is 201 Å². The SMILES string of the molecule is Cc1ccc(S(=O)O)cc1C(=O)N1CCCC[C@H]1c1cc2nc(N3CC[C@H](N)C3)c(C)cn2n1. The monoisotopic (exact) mass is 482 g/mol. The van der Waals surface area contributed by atoms with Gasteiger partial charge in [0.2, 0.25) is 0 Å². The van der Waals surface area contributed by atoms with Gasteiger partial charge in [0.1, 0.15) is 5.82 Å². The second-order valence-corrected chi connectivity index (χ2v) is 10.3. The summed E-state index contributed by atoms with van der Waals surface area (Å²) in [6.45, 7) is 6.19. The van der Waals surface area contributed by atoms with Crippen molar-refractivity contribution in [3.05, 3.63) is 52.8 Å². The first-order valence-electron chi connectivity index (χ1n) is 11.7. The highest BCUT2D eigenvalue weighted by atomic mass is 32.2. The first kappa shape index (κ1) is 22.9. The number of likely N-dealkylation sites (tertiary alicyclic amines) is 1. The van der Waals surface area contributed by atoms with Crippen LogP contribution in [0.3, 0.4) is 0 Å². The Morgan fingerprint density at radius 3 is 2.71 bits per heavy atom. The van der Waals surface area contributed by atoms with Crippen LogP contribution in [0, 0.1) is 13.8 Å². The van der Waals surface area contributed by atoms with E-state index in [9.17, 15) is 13.6 Å². The molecule has 10 heteroatoms. The van der Waals surface area contributed by atoms with E-state index in [1.807, 2.05) is 31.0 Å². The molecule has 1 aromatic carbocycles. The molecule has 9 nitrogen and oxygen atoms in total. The Morgan fingerprint density at radius 1 is 1.15 bits per heavy atom. The fourth-order valence-corrected chi connectivity index (χ4v) is 5.46. The van der Waals surface area contributed by atoms with Gasteiger partial charge in [0.25, 0.3) is 5.91 Å². The Hall–Kier alpha value is -2.82. The third kappa shape index (κ3) is 4.21. The van der Waals surface area contributed by atoms with Gasteiger partial charge in [0, 0.05) is 49.1 Å². The van der Waals surface area contributed by atoms with Gasteiger partial charge >= 0.3 is 0 Å². The third-order valence-corrected chi connectivity index (χ3v) is 7.55. The van der Waals surface area contributed by atoms with E-state index in [1.165, 1.54) is 6.07 Å². The van der Waals surface area contributed by atoms with Crippen molar-refractivity contribution in [2.24, 2.45) is 5.73 Å². The molecule has 0 radical (unpaired) electrons. The summed E-state index contributed by atoms with van der Waals surface area (Å²) in [5.74, 6) is 0.801. The number of fused-ring (bicyclic) bond motifs is 1. The lowest BCUT2D eigenvalue weighted by molar-refractivity contribution is 0.0604. The van der Waals surface area contributed by atoms with E-state index in [0.29, 0.717) is 12.1 Å². The quantitative estimate of drug-likeness (QED) is 0.549. The number of hydrogen-bond acceptors (Lipinski definition) is 6. The summed E-state index contributed by atoms with van der Waals surface area (Å²) >= 11 is -2.14. The molecule has 0 bridgehead atoms. The van der Waals surface area contributed by atoms with E-state index >= 15 is 0 Å². The number of rotatable bonds is 4. The number of carbonyl (C=O) groups excluding carboxylic acids is 1. The molecule has 34 heavy (non-hydrogen) atoms. The van der Waals surface area contributed by atoms with E-state index in [4.69, 9.17) is 15.8 Å². The summed E-state index contributed by atoms with van der Waals surface area (Å²) in [7, 11) is 0. The molecule has 1 amide bonds. The minimum atomic E-state index is -2.14. The molecular formula is C24H30N6O3S. The van der Waals surface area contributed by atoms with Crippen LogP contribution in [0.1, 0.15) is 58.9 Å². The molecule has 3 N–H and O–H groups in total. The van der Waals surface area contributed by atoms with Crippen molar-refractivity contribution in [2.75, 3.05) is 24.5 Å². The van der Waals surface area contributed by atoms with Gasteiger partial charge in [0.15, 0.2) is 16.7 Å². The molecule has 3 aromatic rings. The Balaban J connectivity index is 1.48. The van der Waals surface area contributed by atoms with Crippen molar-refractivity contribution in [1.82, 2.24) is 19.5 Å². The number of nitrogens with zero attached hydrogens (tertiary/aromatic N) is 5. The van der Waals surface area contributed by atoms with Gasteiger partial charge < -0.3 is 20.1 Å². The van der Waals surface area contributed by atoms with Crippen molar-refractivity contribution in [2.45, 2.75) is 56.5 Å². The van der Waals surface area contributed by atoms with Crippen LogP contribution in [-0.2, 0) is 11.1 Å². The summed E-state index contributed by atoms with van der Waals surface area (Å²) in [5, 5.41) is 4.80. The van der Waals surface area contributed by atoms with E-state index < -0.39 is 11.1 Å². The molecular weight excluding hydrogens is 452 g/mol. The van der Waals surface area contributed by atoms with E-state index in [1.54, 1.807) is 16.6 Å². The lowest BCUT2D eigenvalue weighted by atomic mass is 9.97. The summed E-state index contributed by atoms with van der Waals surface area (Å²) in [6, 6.07) is 6.80. The zero-order valence-electron chi connectivity index (χ0n) is 19.5. The molecule has 2 aromatic heterocycles. The van der Waals surface area contributed by atoms with Gasteiger partial charge in [-0.1, -0.05) is 6.07 Å². The second kappa shape index (κ2) is 9.09. The Morgan fingerprint density at radius 2 is 1.97 bits per heavy atom. The number of piperidine rings is 1. The molecule has 2 aliphatic heterocycles. The van der Waals surface area contributed by atoms with Gasteiger partial charge in [-0.15, -0.1) is 0 Å². The topological polar surface area (TPSA) is 117 Å². The molecule has 2 aliphatic rings. The lowest BCUT2D eigenvalue weighted by Gasteiger charge is -2.35. The Kier molecular flexibility index (Phi) is 6.13. The second-order valence-electron chi connectivity index (χ2n) is 9.35. The number of carbonyl (C=O) groups is 1. The Bertz CT molecular complexity index is 1280. The molecule has 4 heterocycles. The van der Waals surface area contributed by atoms with Crippen LogP contribution in [0.15, 0.2) is 35.4 Å². The first-order valence-corrected chi connectivity index (χ1v) is 12.8. The van der Waals surface area contributed by atoms with Crippen molar-refractivity contribution in [3.63, 3.8) is 0 Å². The maximum Gasteiger partial charge on any atom is 0.254 e. The van der Waals surface area contributed by atoms with Crippen molar-refractivity contribution in [1.29, 1.82) is 0 Å². The molecule has 2 fully saturated rings. The summed E-state index contributed by atoms with van der Waals surface area (Å²) in [5.41, 5.74) is 9.94. The molecule has 5 rings (SSSR count). The lowest BCUT2D eigenvalue weighted by Crippen LogP contribution is -2.39. The van der Waals surface area contributed by atoms with Crippen LogP contribution in [-0.4, -0.2) is 59.8 Å². The predicted molar refractivity (Wildman–Crippen MR) is 130 cm³/mol. The standard InChI is InChI=1S/C24H30N6O3S/c1-15-6-7-18(34(32)33)11-19(15)24(31)29-9-4-3-5-21(29)20-12-22-26-23(16(2)13-30(22)27-20)28-10-8-17(25)14-28/h6-7,11-13,17,21H,3-5,8-10,14,25H2,1-2H3,(H,32,33)/t17-,21-/m0/s1. The van der Waals surface area contributed by atoms with Crippen LogP contribution in [0.25, 0.3) is 5.65 Å². The fourth-order valence-electron chi connectivity index (χ4n) is 5.06. The number of hydrogen-bond donors (Lipinski definition) is 2. The van der Waals surface area contributed by atoms with Gasteiger partial charge in [-0.05, 0) is 57.2 Å². The fraction of sp³-hybridized carbons (Fsp3) is 0.458. The van der Waals surface area contributed by atoms with Gasteiger partial charge in [-0.3, -0.25) is 4.79 Å². The minimum absolute atomic E-state index is 0.137. The van der Waals surface area contributed by atoms with Crippen LogP contribution in [0.4, 0.5) is 5.82 Å². The zero-order chi connectivity index (χ0) is 24.0. The third-order valence-electron chi connectivity index (χ3n) is 6.89. The normalized spacial score (nSPS) is 21.9. The van der Waals surface area contributed by atoms with Crippen molar-refractivity contribution < 1.29 is 13.6 Å². The van der Waals surface area contributed by atoms with Crippen LogP contribution < -0.4 is 10.6 Å². The number of benzene rings is 1. The van der Waals surface area contributed by atoms with Gasteiger partial charge in [-0.2, -0.15) is 5.10 Å². The van der Waals surface area contributed by atoms with E-state index in [2.05, 4.69) is 4.90 Å². The van der Waals surface area contributed by atoms with Crippen LogP contribution >= 0.6 is 0 Å². The molecule has 0 saturated carbocycles. The van der Waals surface area contributed by atoms with Gasteiger partial charge in [0.05, 0.1) is 16.6 Å². The van der Waals surface area contributed by atoms with Gasteiger partial charge in [-0.25, -0.2) is 13.7 Å². The highest BCUT2D eigenvalue weighted by Crippen LogP contribution is 2.33. The number of aromatic nitrogens is 3. The highest BCUT2D eigenvalue weighted by Gasteiger charge is 2.32. The molecule has 3 atom stereocenters. The van der Waals surface area contributed by atoms with Crippen molar-refractivity contribution in [3.8, 4) is 0 Å². The summed E-state index contributed by atoms with van der Waals surface area (Å²) in [6.07, 6.45) is 5.68. The first-order chi connectivity index (χ1) is 16.3. The number of aryl methyl sites for hydroxylation is 2. The smallest absolute Gasteiger partial charge is 0.254 e. The maximum absolute atomic E-state index is 13.6. The molecule has 1 unspecified atom stereocenters. The van der Waals surface area contributed by atoms with Crippen molar-refractivity contribution >= 4 is 28.5 Å². The number of nitrogens with two attached hydrogens (primary N) is 1. The maximum atomic E-state index is 13.6. The van der Waals surface area contributed by atoms with Crippen LogP contribution in [0.2, 0.25) is 0 Å². The van der Waals surface area contributed by atoms with Crippen LogP contribution in [0.5, 0.6) is 0 Å². The molecule has 180 valence electrons. The number of amides is 1. The summed E-state index contributed by atoms with van der Waals surface area (Å²) < 4.78 is 22.9. The highest BCUT2D eigenvalue weighted by molar-refractivity contribution is 7.79. The predicted octanol–water partition coefficient (Wildman–Crippen LogP) is 2.83. The number of anilines is 1. The average Bonchev–Trinajstić information content (AvgIpc) is 3.43. The van der Waals surface area contributed by atoms with E-state index in [0.717, 1.165) is 67.1 Å². The minimum Gasteiger partial charge on any atom is -0.355 e. The molecule has 2 saturated heterocycles. The van der Waals surface area contributed by atoms with E-state index in [-0.39, 0.29) is 22.9 Å². The summed E-state index contributed by atoms with van der Waals surface area (Å²) in [4.78, 5) is 22.8. The molecule has 0 spiro atoms. The largest absolute Gasteiger partial charge is 0.355 e. The zero-order valence-corrected chi connectivity index (χ0v) is 20.3. The molecule has 0 aliphatic carbocycles.